The van der Waals surface area contributed by atoms with Crippen LogP contribution >= 0.6 is 27.3 Å². The Morgan fingerprint density at radius 1 is 1.19 bits per heavy atom. The number of thiazole rings is 1. The minimum atomic E-state index is -0.00928. The number of benzene rings is 2. The Bertz CT molecular complexity index is 1150. The maximum atomic E-state index is 12.5. The van der Waals surface area contributed by atoms with Gasteiger partial charge in [0.05, 0.1) is 15.9 Å². The molecule has 1 aliphatic heterocycles. The summed E-state index contributed by atoms with van der Waals surface area (Å²) in [6, 6.07) is 16.1. The van der Waals surface area contributed by atoms with Crippen LogP contribution in [-0.2, 0) is 4.79 Å². The molecule has 2 aromatic heterocycles. The molecule has 5 nitrogen and oxygen atoms in total. The number of fused-ring (bicyclic) bond motifs is 2. The van der Waals surface area contributed by atoms with Crippen LogP contribution in [0.15, 0.2) is 53.0 Å². The van der Waals surface area contributed by atoms with Crippen molar-refractivity contribution in [3.63, 3.8) is 0 Å². The normalized spacial score (nSPS) is 16.4. The molecule has 1 N–H and O–H groups in total. The molecule has 4 aromatic rings. The van der Waals surface area contributed by atoms with E-state index >= 15 is 0 Å². The van der Waals surface area contributed by atoms with Crippen LogP contribution in [0, 0.1) is 6.92 Å². The second-order valence-electron chi connectivity index (χ2n) is 6.58. The number of halogens is 1. The number of aryl methyl sites for hydroxylation is 1. The molecule has 0 bridgehead atoms. The van der Waals surface area contributed by atoms with Crippen LogP contribution in [0.1, 0.15) is 29.2 Å². The molecule has 1 atom stereocenters. The molecule has 7 heteroatoms. The zero-order chi connectivity index (χ0) is 18.5. The molecule has 0 fully saturated rings. The van der Waals surface area contributed by atoms with Gasteiger partial charge in [-0.05, 0) is 36.8 Å². The highest BCUT2D eigenvalue weighted by atomic mass is 79.9. The van der Waals surface area contributed by atoms with Crippen LogP contribution in [0.3, 0.4) is 0 Å². The number of hydrogen-bond donors (Lipinski definition) is 1. The molecular weight excluding hydrogens is 424 g/mol. The molecular formula is C20H15BrN4OS. The zero-order valence-corrected chi connectivity index (χ0v) is 16.8. The van der Waals surface area contributed by atoms with Gasteiger partial charge in [-0.2, -0.15) is 9.78 Å². The lowest BCUT2D eigenvalue weighted by Gasteiger charge is -2.24. The summed E-state index contributed by atoms with van der Waals surface area (Å²) >= 11 is 5.04. The SMILES string of the molecule is Cc1nn(-c2nc3ccccc3s2)c2c1[C@H](c1ccc(Br)cc1)CC(=O)N2. The topological polar surface area (TPSA) is 59.8 Å². The lowest BCUT2D eigenvalue weighted by molar-refractivity contribution is -0.116. The van der Waals surface area contributed by atoms with E-state index in [4.69, 9.17) is 10.1 Å². The third kappa shape index (κ3) is 2.78. The van der Waals surface area contributed by atoms with E-state index in [0.29, 0.717) is 6.42 Å². The van der Waals surface area contributed by atoms with Gasteiger partial charge >= 0.3 is 0 Å². The Morgan fingerprint density at radius 3 is 2.74 bits per heavy atom. The summed E-state index contributed by atoms with van der Waals surface area (Å²) in [5.74, 6) is 0.721. The molecule has 0 spiro atoms. The second-order valence-corrected chi connectivity index (χ2v) is 8.50. The van der Waals surface area contributed by atoms with Crippen LogP contribution in [0.2, 0.25) is 0 Å². The summed E-state index contributed by atoms with van der Waals surface area (Å²) in [7, 11) is 0. The first-order valence-electron chi connectivity index (χ1n) is 8.61. The Balaban J connectivity index is 1.67. The van der Waals surface area contributed by atoms with Gasteiger partial charge in [-0.3, -0.25) is 4.79 Å². The highest BCUT2D eigenvalue weighted by Gasteiger charge is 2.33. The van der Waals surface area contributed by atoms with Gasteiger partial charge in [0.2, 0.25) is 11.0 Å². The van der Waals surface area contributed by atoms with E-state index in [-0.39, 0.29) is 11.8 Å². The molecule has 1 aliphatic rings. The van der Waals surface area contributed by atoms with E-state index in [2.05, 4.69) is 33.4 Å². The zero-order valence-electron chi connectivity index (χ0n) is 14.4. The van der Waals surface area contributed by atoms with Gasteiger partial charge in [0.25, 0.3) is 0 Å². The smallest absolute Gasteiger partial charge is 0.226 e. The van der Waals surface area contributed by atoms with Gasteiger partial charge < -0.3 is 5.32 Å². The van der Waals surface area contributed by atoms with Crippen molar-refractivity contribution in [1.82, 2.24) is 14.8 Å². The van der Waals surface area contributed by atoms with Crippen LogP contribution < -0.4 is 5.32 Å². The number of para-hydroxylation sites is 1. The van der Waals surface area contributed by atoms with Gasteiger partial charge in [0, 0.05) is 22.4 Å². The maximum Gasteiger partial charge on any atom is 0.226 e. The fourth-order valence-electron chi connectivity index (χ4n) is 3.62. The molecule has 27 heavy (non-hydrogen) atoms. The Hall–Kier alpha value is -2.51. The van der Waals surface area contributed by atoms with Gasteiger partial charge in [-0.15, -0.1) is 0 Å². The molecule has 3 heterocycles. The third-order valence-corrected chi connectivity index (χ3v) is 6.38. The summed E-state index contributed by atoms with van der Waals surface area (Å²) in [5, 5.41) is 8.51. The Kier molecular flexibility index (Phi) is 3.87. The van der Waals surface area contributed by atoms with Crippen molar-refractivity contribution in [2.24, 2.45) is 0 Å². The fourth-order valence-corrected chi connectivity index (χ4v) is 4.80. The number of amides is 1. The van der Waals surface area contributed by atoms with Crippen molar-refractivity contribution in [2.75, 3.05) is 5.32 Å². The van der Waals surface area contributed by atoms with Crippen molar-refractivity contribution >= 4 is 49.2 Å². The number of nitrogens with zero attached hydrogens (tertiary/aromatic N) is 3. The minimum Gasteiger partial charge on any atom is -0.310 e. The average molecular weight is 439 g/mol. The predicted octanol–water partition coefficient (Wildman–Crippen LogP) is 5.03. The number of nitrogens with one attached hydrogen (secondary N) is 1. The molecule has 0 aliphatic carbocycles. The van der Waals surface area contributed by atoms with Gasteiger partial charge in [-0.25, -0.2) is 4.98 Å². The first kappa shape index (κ1) is 16.6. The molecule has 5 rings (SSSR count). The molecule has 1 amide bonds. The summed E-state index contributed by atoms with van der Waals surface area (Å²) in [6.45, 7) is 1.99. The first-order valence-corrected chi connectivity index (χ1v) is 10.2. The number of carbonyl (C=O) groups is 1. The quantitative estimate of drug-likeness (QED) is 0.477. The standard InChI is InChI=1S/C20H15BrN4OS/c1-11-18-14(12-6-8-13(21)9-7-12)10-17(26)23-19(18)25(24-11)20-22-15-4-2-3-5-16(15)27-20/h2-9,14H,10H2,1H3,(H,23,26)/t14-/m0/s1. The number of anilines is 1. The van der Waals surface area contributed by atoms with Crippen LogP contribution in [0.5, 0.6) is 0 Å². The van der Waals surface area contributed by atoms with Gasteiger partial charge in [0.1, 0.15) is 5.82 Å². The average Bonchev–Trinajstić information content (AvgIpc) is 3.23. The molecule has 0 radical (unpaired) electrons. The number of hydrogen-bond acceptors (Lipinski definition) is 4. The number of aromatic nitrogens is 3. The van der Waals surface area contributed by atoms with Gasteiger partial charge in [-0.1, -0.05) is 51.5 Å². The molecule has 0 unspecified atom stereocenters. The van der Waals surface area contributed by atoms with Crippen molar-refractivity contribution in [2.45, 2.75) is 19.3 Å². The summed E-state index contributed by atoms with van der Waals surface area (Å²) in [6.07, 6.45) is 0.418. The first-order chi connectivity index (χ1) is 13.1. The Labute approximate surface area is 168 Å². The number of carbonyl (C=O) groups excluding carboxylic acids is 1. The molecule has 2 aromatic carbocycles. The van der Waals surface area contributed by atoms with E-state index in [1.54, 1.807) is 16.0 Å². The minimum absolute atomic E-state index is 0.00215. The lowest BCUT2D eigenvalue weighted by atomic mass is 9.86. The highest BCUT2D eigenvalue weighted by molar-refractivity contribution is 9.10. The monoisotopic (exact) mass is 438 g/mol. The van der Waals surface area contributed by atoms with Gasteiger partial charge in [0.15, 0.2) is 0 Å². The summed E-state index contributed by atoms with van der Waals surface area (Å²) in [4.78, 5) is 17.2. The molecule has 0 saturated heterocycles. The molecule has 0 saturated carbocycles. The number of rotatable bonds is 2. The largest absolute Gasteiger partial charge is 0.310 e. The Morgan fingerprint density at radius 2 is 1.96 bits per heavy atom. The van der Waals surface area contributed by atoms with Crippen molar-refractivity contribution in [3.05, 3.63) is 69.8 Å². The fraction of sp³-hybridized carbons (Fsp3) is 0.150. The van der Waals surface area contributed by atoms with E-state index in [1.165, 1.54) is 0 Å². The van der Waals surface area contributed by atoms with E-state index in [9.17, 15) is 4.79 Å². The van der Waals surface area contributed by atoms with Crippen LogP contribution in [-0.4, -0.2) is 20.7 Å². The van der Waals surface area contributed by atoms with Crippen molar-refractivity contribution in [3.8, 4) is 5.13 Å². The van der Waals surface area contributed by atoms with Crippen LogP contribution in [0.4, 0.5) is 5.82 Å². The lowest BCUT2D eigenvalue weighted by Crippen LogP contribution is -2.24. The van der Waals surface area contributed by atoms with E-state index in [1.807, 2.05) is 43.3 Å². The third-order valence-electron chi connectivity index (χ3n) is 4.84. The molecule has 134 valence electrons. The van der Waals surface area contributed by atoms with Crippen molar-refractivity contribution in [1.29, 1.82) is 0 Å². The summed E-state index contributed by atoms with van der Waals surface area (Å²) in [5.41, 5.74) is 4.03. The summed E-state index contributed by atoms with van der Waals surface area (Å²) < 4.78 is 3.90. The second kappa shape index (κ2) is 6.28. The highest BCUT2D eigenvalue weighted by Crippen LogP contribution is 2.41. The van der Waals surface area contributed by atoms with Crippen LogP contribution in [0.25, 0.3) is 15.3 Å². The van der Waals surface area contributed by atoms with Crippen molar-refractivity contribution < 1.29 is 4.79 Å². The van der Waals surface area contributed by atoms with E-state index < -0.39 is 0 Å². The predicted molar refractivity (Wildman–Crippen MR) is 111 cm³/mol. The van der Waals surface area contributed by atoms with E-state index in [0.717, 1.165) is 42.5 Å². The maximum absolute atomic E-state index is 12.5.